The lowest BCUT2D eigenvalue weighted by Gasteiger charge is -1.86. The van der Waals surface area contributed by atoms with Crippen LogP contribution >= 0.6 is 0 Å². The van der Waals surface area contributed by atoms with Crippen molar-refractivity contribution >= 4 is 11.0 Å². The van der Waals surface area contributed by atoms with Crippen LogP contribution in [-0.4, -0.2) is 4.98 Å². The van der Waals surface area contributed by atoms with E-state index in [1.165, 1.54) is 0 Å². The molecule has 3 nitrogen and oxygen atoms in total. The molecule has 0 amide bonds. The van der Waals surface area contributed by atoms with Crippen molar-refractivity contribution in [3.8, 4) is 11.7 Å². The second-order valence-electron chi connectivity index (χ2n) is 3.81. The number of para-hydroxylation sites is 1. The van der Waals surface area contributed by atoms with E-state index < -0.39 is 0 Å². The number of aryl methyl sites for hydroxylation is 2. The molecule has 1 aromatic carbocycles. The van der Waals surface area contributed by atoms with Gasteiger partial charge in [-0.25, -0.2) is 4.98 Å². The van der Waals surface area contributed by atoms with Gasteiger partial charge in [-0.3, -0.25) is 0 Å². The van der Waals surface area contributed by atoms with E-state index in [0.717, 1.165) is 22.4 Å². The Bertz CT molecular complexity index is 596. The lowest BCUT2D eigenvalue weighted by molar-refractivity contribution is 0.512. The molecule has 0 radical (unpaired) electrons. The Labute approximate surface area is 92.7 Å². The summed E-state index contributed by atoms with van der Waals surface area (Å²) < 4.78 is 11.2. The van der Waals surface area contributed by atoms with E-state index in [1.54, 1.807) is 0 Å². The first-order chi connectivity index (χ1) is 7.74. The monoisotopic (exact) mass is 213 g/mol. The van der Waals surface area contributed by atoms with Crippen LogP contribution in [0.4, 0.5) is 0 Å². The predicted molar refractivity (Wildman–Crippen MR) is 61.2 cm³/mol. The first-order valence-corrected chi connectivity index (χ1v) is 5.17. The number of hydrogen-bond acceptors (Lipinski definition) is 3. The number of hydrogen-bond donors (Lipinski definition) is 0. The van der Waals surface area contributed by atoms with Crippen LogP contribution in [0.1, 0.15) is 11.5 Å². The smallest absolute Gasteiger partial charge is 0.263 e. The summed E-state index contributed by atoms with van der Waals surface area (Å²) in [6.07, 6.45) is 0. The number of nitrogens with zero attached hydrogens (tertiary/aromatic N) is 1. The highest BCUT2D eigenvalue weighted by Crippen LogP contribution is 2.28. The van der Waals surface area contributed by atoms with Crippen LogP contribution in [0, 0.1) is 13.8 Å². The summed E-state index contributed by atoms with van der Waals surface area (Å²) in [6, 6.07) is 9.81. The molecule has 0 saturated heterocycles. The quantitative estimate of drug-likeness (QED) is 0.618. The Morgan fingerprint density at radius 2 is 1.88 bits per heavy atom. The molecule has 0 spiro atoms. The number of oxazole rings is 1. The molecular weight excluding hydrogens is 202 g/mol. The third-order valence-electron chi connectivity index (χ3n) is 2.66. The molecule has 3 rings (SSSR count). The van der Waals surface area contributed by atoms with Gasteiger partial charge in [-0.2, -0.15) is 0 Å². The van der Waals surface area contributed by atoms with E-state index in [1.807, 2.05) is 44.2 Å². The number of aromatic nitrogens is 1. The molecule has 3 aromatic rings. The molecule has 0 N–H and O–H groups in total. The molecule has 0 aliphatic rings. The summed E-state index contributed by atoms with van der Waals surface area (Å²) in [5.74, 6) is 2.05. The van der Waals surface area contributed by atoms with Crippen LogP contribution in [0.3, 0.4) is 0 Å². The van der Waals surface area contributed by atoms with Gasteiger partial charge in [-0.15, -0.1) is 0 Å². The van der Waals surface area contributed by atoms with E-state index in [2.05, 4.69) is 4.98 Å². The predicted octanol–water partition coefficient (Wildman–Crippen LogP) is 3.70. The summed E-state index contributed by atoms with van der Waals surface area (Å²) in [6.45, 7) is 3.82. The SMILES string of the molecule is Cc1nc(-c2cc3ccccc3o2)oc1C. The molecule has 0 aliphatic heterocycles. The minimum absolute atomic E-state index is 0.547. The molecule has 16 heavy (non-hydrogen) atoms. The van der Waals surface area contributed by atoms with E-state index in [9.17, 15) is 0 Å². The van der Waals surface area contributed by atoms with Gasteiger partial charge >= 0.3 is 0 Å². The zero-order valence-electron chi connectivity index (χ0n) is 9.15. The normalized spacial score (nSPS) is 11.1. The molecule has 0 bridgehead atoms. The fraction of sp³-hybridized carbons (Fsp3) is 0.154. The minimum atomic E-state index is 0.547. The first-order valence-electron chi connectivity index (χ1n) is 5.17. The molecule has 80 valence electrons. The highest BCUT2D eigenvalue weighted by Gasteiger charge is 2.12. The summed E-state index contributed by atoms with van der Waals surface area (Å²) in [5, 5.41) is 1.06. The van der Waals surface area contributed by atoms with Gasteiger partial charge in [0.15, 0.2) is 5.76 Å². The maximum absolute atomic E-state index is 5.67. The summed E-state index contributed by atoms with van der Waals surface area (Å²) in [7, 11) is 0. The zero-order chi connectivity index (χ0) is 11.1. The van der Waals surface area contributed by atoms with Crippen molar-refractivity contribution in [1.82, 2.24) is 4.98 Å². The molecule has 0 atom stereocenters. The van der Waals surface area contributed by atoms with Crippen LogP contribution in [-0.2, 0) is 0 Å². The molecule has 2 heterocycles. The summed E-state index contributed by atoms with van der Waals surface area (Å²) >= 11 is 0. The topological polar surface area (TPSA) is 39.2 Å². The second kappa shape index (κ2) is 3.23. The Morgan fingerprint density at radius 3 is 2.56 bits per heavy atom. The maximum atomic E-state index is 5.67. The van der Waals surface area contributed by atoms with Gasteiger partial charge in [-0.05, 0) is 26.0 Å². The van der Waals surface area contributed by atoms with Crippen molar-refractivity contribution in [2.45, 2.75) is 13.8 Å². The maximum Gasteiger partial charge on any atom is 0.263 e. The number of benzene rings is 1. The third kappa shape index (κ3) is 1.33. The highest BCUT2D eigenvalue weighted by atomic mass is 16.4. The summed E-state index contributed by atoms with van der Waals surface area (Å²) in [5.41, 5.74) is 1.75. The van der Waals surface area contributed by atoms with E-state index in [-0.39, 0.29) is 0 Å². The van der Waals surface area contributed by atoms with Crippen molar-refractivity contribution in [3.05, 3.63) is 41.8 Å². The molecular formula is C13H11NO2. The minimum Gasteiger partial charge on any atom is -0.451 e. The van der Waals surface area contributed by atoms with Gasteiger partial charge in [0, 0.05) is 5.39 Å². The second-order valence-corrected chi connectivity index (χ2v) is 3.81. The van der Waals surface area contributed by atoms with Crippen molar-refractivity contribution in [3.63, 3.8) is 0 Å². The van der Waals surface area contributed by atoms with Crippen LogP contribution in [0.25, 0.3) is 22.6 Å². The third-order valence-corrected chi connectivity index (χ3v) is 2.66. The number of fused-ring (bicyclic) bond motifs is 1. The number of rotatable bonds is 1. The van der Waals surface area contributed by atoms with Gasteiger partial charge < -0.3 is 8.83 Å². The molecule has 3 heteroatoms. The Balaban J connectivity index is 2.18. The van der Waals surface area contributed by atoms with Gasteiger partial charge in [0.05, 0.1) is 5.69 Å². The Hall–Kier alpha value is -2.03. The van der Waals surface area contributed by atoms with Crippen molar-refractivity contribution in [2.75, 3.05) is 0 Å². The molecule has 0 aliphatic carbocycles. The van der Waals surface area contributed by atoms with Crippen LogP contribution < -0.4 is 0 Å². The van der Waals surface area contributed by atoms with E-state index >= 15 is 0 Å². The fourth-order valence-corrected chi connectivity index (χ4v) is 1.67. The van der Waals surface area contributed by atoms with Crippen LogP contribution in [0.5, 0.6) is 0 Å². The Kier molecular flexibility index (Phi) is 1.86. The fourth-order valence-electron chi connectivity index (χ4n) is 1.67. The van der Waals surface area contributed by atoms with Crippen molar-refractivity contribution in [2.24, 2.45) is 0 Å². The van der Waals surface area contributed by atoms with Crippen molar-refractivity contribution < 1.29 is 8.83 Å². The van der Waals surface area contributed by atoms with Crippen LogP contribution in [0.15, 0.2) is 39.2 Å². The zero-order valence-corrected chi connectivity index (χ0v) is 9.15. The summed E-state index contributed by atoms with van der Waals surface area (Å²) in [4.78, 5) is 4.32. The standard InChI is InChI=1S/C13H11NO2/c1-8-9(2)15-13(14-8)12-7-10-5-3-4-6-11(10)16-12/h3-7H,1-2H3. The first kappa shape index (κ1) is 9.21. The van der Waals surface area contributed by atoms with Crippen LogP contribution in [0.2, 0.25) is 0 Å². The molecule has 0 unspecified atom stereocenters. The highest BCUT2D eigenvalue weighted by molar-refractivity contribution is 5.81. The number of furan rings is 1. The van der Waals surface area contributed by atoms with Gasteiger partial charge in [0.1, 0.15) is 11.3 Å². The van der Waals surface area contributed by atoms with E-state index in [4.69, 9.17) is 8.83 Å². The molecule has 2 aromatic heterocycles. The largest absolute Gasteiger partial charge is 0.451 e. The van der Waals surface area contributed by atoms with Gasteiger partial charge in [0.25, 0.3) is 5.89 Å². The molecule has 0 fully saturated rings. The van der Waals surface area contributed by atoms with Crippen molar-refractivity contribution in [1.29, 1.82) is 0 Å². The molecule has 0 saturated carbocycles. The lowest BCUT2D eigenvalue weighted by atomic mass is 10.2. The average molecular weight is 213 g/mol. The average Bonchev–Trinajstić information content (AvgIpc) is 2.83. The van der Waals surface area contributed by atoms with E-state index in [0.29, 0.717) is 11.7 Å². The van der Waals surface area contributed by atoms with Gasteiger partial charge in [-0.1, -0.05) is 18.2 Å². The van der Waals surface area contributed by atoms with Gasteiger partial charge in [0.2, 0.25) is 0 Å². The Morgan fingerprint density at radius 1 is 1.06 bits per heavy atom. The lowest BCUT2D eigenvalue weighted by Crippen LogP contribution is -1.73.